The Balaban J connectivity index is 1.89. The molecule has 5 nitrogen and oxygen atoms in total. The van der Waals surface area contributed by atoms with E-state index in [9.17, 15) is 9.59 Å². The van der Waals surface area contributed by atoms with Gasteiger partial charge in [0.05, 0.1) is 5.92 Å². The van der Waals surface area contributed by atoms with Crippen LogP contribution in [0, 0.1) is 0 Å². The summed E-state index contributed by atoms with van der Waals surface area (Å²) in [6, 6.07) is 10.1. The molecule has 0 aliphatic carbocycles. The van der Waals surface area contributed by atoms with Gasteiger partial charge in [-0.3, -0.25) is 9.59 Å². The number of piperidine rings is 1. The molecular weight excluding hydrogens is 290 g/mol. The van der Waals surface area contributed by atoms with Gasteiger partial charge >= 0.3 is 0 Å². The standard InChI is InChI=1S/C18H27N3O2/c1-2-16(14-6-4-3-5-7-14)18(23)21-12-9-15(10-13-21)20-17(22)8-11-19/h3-7,15-16H,2,8-13,19H2,1H3,(H,20,22). The molecular formula is C18H27N3O2. The van der Waals surface area contributed by atoms with Crippen molar-refractivity contribution in [2.24, 2.45) is 5.73 Å². The van der Waals surface area contributed by atoms with Crippen molar-refractivity contribution in [2.75, 3.05) is 19.6 Å². The zero-order valence-corrected chi connectivity index (χ0v) is 13.8. The summed E-state index contributed by atoms with van der Waals surface area (Å²) in [6.07, 6.45) is 2.79. The second kappa shape index (κ2) is 8.67. The van der Waals surface area contributed by atoms with Crippen LogP contribution in [0.15, 0.2) is 30.3 Å². The number of amides is 2. The van der Waals surface area contributed by atoms with Crippen LogP contribution in [0.2, 0.25) is 0 Å². The first kappa shape index (κ1) is 17.5. The highest BCUT2D eigenvalue weighted by atomic mass is 16.2. The first-order valence-corrected chi connectivity index (χ1v) is 8.48. The molecule has 1 saturated heterocycles. The largest absolute Gasteiger partial charge is 0.353 e. The van der Waals surface area contributed by atoms with Crippen molar-refractivity contribution < 1.29 is 9.59 Å². The van der Waals surface area contributed by atoms with Gasteiger partial charge in [-0.2, -0.15) is 0 Å². The van der Waals surface area contributed by atoms with Crippen molar-refractivity contribution in [3.8, 4) is 0 Å². The smallest absolute Gasteiger partial charge is 0.230 e. The fourth-order valence-electron chi connectivity index (χ4n) is 3.13. The average molecular weight is 317 g/mol. The number of nitrogens with one attached hydrogen (secondary N) is 1. The number of nitrogens with two attached hydrogens (primary N) is 1. The highest BCUT2D eigenvalue weighted by Gasteiger charge is 2.28. The Morgan fingerprint density at radius 3 is 2.48 bits per heavy atom. The molecule has 3 N–H and O–H groups in total. The SMILES string of the molecule is CCC(C(=O)N1CCC(NC(=O)CCN)CC1)c1ccccc1. The van der Waals surface area contributed by atoms with Gasteiger partial charge in [-0.15, -0.1) is 0 Å². The predicted molar refractivity (Wildman–Crippen MR) is 90.9 cm³/mol. The van der Waals surface area contributed by atoms with Crippen LogP contribution in [0.5, 0.6) is 0 Å². The molecule has 0 saturated carbocycles. The molecule has 0 bridgehead atoms. The average Bonchev–Trinajstić information content (AvgIpc) is 2.57. The summed E-state index contributed by atoms with van der Waals surface area (Å²) in [5, 5.41) is 3.00. The Bertz CT molecular complexity index is 510. The van der Waals surface area contributed by atoms with Gasteiger partial charge < -0.3 is 16.0 Å². The molecule has 1 aromatic carbocycles. The summed E-state index contributed by atoms with van der Waals surface area (Å²) in [5.74, 6) is 0.137. The van der Waals surface area contributed by atoms with Gasteiger partial charge in [0.2, 0.25) is 11.8 Å². The van der Waals surface area contributed by atoms with Crippen LogP contribution in [-0.2, 0) is 9.59 Å². The van der Waals surface area contributed by atoms with Crippen molar-refractivity contribution in [3.05, 3.63) is 35.9 Å². The van der Waals surface area contributed by atoms with Crippen LogP contribution in [0.4, 0.5) is 0 Å². The van der Waals surface area contributed by atoms with E-state index in [0.29, 0.717) is 26.1 Å². The maximum Gasteiger partial charge on any atom is 0.230 e. The summed E-state index contributed by atoms with van der Waals surface area (Å²) >= 11 is 0. The fraction of sp³-hybridized carbons (Fsp3) is 0.556. The highest BCUT2D eigenvalue weighted by molar-refractivity contribution is 5.84. The van der Waals surface area contributed by atoms with E-state index < -0.39 is 0 Å². The normalized spacial score (nSPS) is 16.9. The molecule has 1 unspecified atom stereocenters. The molecule has 1 heterocycles. The minimum absolute atomic E-state index is 0.00740. The van der Waals surface area contributed by atoms with Crippen LogP contribution in [0.3, 0.4) is 0 Å². The molecule has 1 atom stereocenters. The maximum absolute atomic E-state index is 12.8. The molecule has 0 aromatic heterocycles. The van der Waals surface area contributed by atoms with E-state index >= 15 is 0 Å². The minimum atomic E-state index is -0.0698. The number of carbonyl (C=O) groups is 2. The Morgan fingerprint density at radius 1 is 1.26 bits per heavy atom. The molecule has 1 aromatic rings. The molecule has 2 amide bonds. The molecule has 0 radical (unpaired) electrons. The minimum Gasteiger partial charge on any atom is -0.353 e. The third-order valence-electron chi connectivity index (χ3n) is 4.45. The van der Waals surface area contributed by atoms with E-state index in [4.69, 9.17) is 5.73 Å². The third kappa shape index (κ3) is 4.79. The lowest BCUT2D eigenvalue weighted by Gasteiger charge is -2.34. The third-order valence-corrected chi connectivity index (χ3v) is 4.45. The highest BCUT2D eigenvalue weighted by Crippen LogP contribution is 2.24. The van der Waals surface area contributed by atoms with Crippen molar-refractivity contribution in [3.63, 3.8) is 0 Å². The lowest BCUT2D eigenvalue weighted by atomic mass is 9.93. The Hall–Kier alpha value is -1.88. The second-order valence-electron chi connectivity index (χ2n) is 6.08. The van der Waals surface area contributed by atoms with Crippen LogP contribution in [0.25, 0.3) is 0 Å². The van der Waals surface area contributed by atoms with Gasteiger partial charge in [0.15, 0.2) is 0 Å². The molecule has 126 valence electrons. The second-order valence-corrected chi connectivity index (χ2v) is 6.08. The van der Waals surface area contributed by atoms with E-state index in [1.165, 1.54) is 0 Å². The Kier molecular flexibility index (Phi) is 6.59. The van der Waals surface area contributed by atoms with Crippen LogP contribution >= 0.6 is 0 Å². The number of benzene rings is 1. The molecule has 23 heavy (non-hydrogen) atoms. The summed E-state index contributed by atoms with van der Waals surface area (Å²) in [5.41, 5.74) is 6.47. The number of carbonyl (C=O) groups excluding carboxylic acids is 2. The van der Waals surface area contributed by atoms with Gasteiger partial charge in [-0.05, 0) is 24.8 Å². The van der Waals surface area contributed by atoms with Crippen molar-refractivity contribution in [2.45, 2.75) is 44.6 Å². The van der Waals surface area contributed by atoms with E-state index in [2.05, 4.69) is 12.2 Å². The van der Waals surface area contributed by atoms with Gasteiger partial charge in [-0.25, -0.2) is 0 Å². The number of hydrogen-bond acceptors (Lipinski definition) is 3. The van der Waals surface area contributed by atoms with Crippen molar-refractivity contribution in [1.29, 1.82) is 0 Å². The van der Waals surface area contributed by atoms with Crippen molar-refractivity contribution >= 4 is 11.8 Å². The summed E-state index contributed by atoms with van der Waals surface area (Å²) in [7, 11) is 0. The lowest BCUT2D eigenvalue weighted by Crippen LogP contribution is -2.47. The molecule has 1 fully saturated rings. The van der Waals surface area contributed by atoms with Crippen molar-refractivity contribution in [1.82, 2.24) is 10.2 Å². The van der Waals surface area contributed by atoms with E-state index in [-0.39, 0.29) is 23.8 Å². The van der Waals surface area contributed by atoms with E-state index in [1.807, 2.05) is 35.2 Å². The summed E-state index contributed by atoms with van der Waals surface area (Å²) in [6.45, 7) is 3.83. The van der Waals surface area contributed by atoms with Gasteiger partial charge in [0, 0.05) is 32.1 Å². The van der Waals surface area contributed by atoms with Gasteiger partial charge in [-0.1, -0.05) is 37.3 Å². The van der Waals surface area contributed by atoms with Crippen LogP contribution < -0.4 is 11.1 Å². The summed E-state index contributed by atoms with van der Waals surface area (Å²) in [4.78, 5) is 26.3. The monoisotopic (exact) mass is 317 g/mol. The Morgan fingerprint density at radius 2 is 1.91 bits per heavy atom. The first-order chi connectivity index (χ1) is 11.2. The first-order valence-electron chi connectivity index (χ1n) is 8.48. The van der Waals surface area contributed by atoms with E-state index in [1.54, 1.807) is 0 Å². The number of likely N-dealkylation sites (tertiary alicyclic amines) is 1. The Labute approximate surface area is 138 Å². The lowest BCUT2D eigenvalue weighted by molar-refractivity contribution is -0.134. The van der Waals surface area contributed by atoms with Gasteiger partial charge in [0.25, 0.3) is 0 Å². The molecule has 1 aliphatic rings. The van der Waals surface area contributed by atoms with E-state index in [0.717, 1.165) is 24.8 Å². The molecule has 1 aliphatic heterocycles. The van der Waals surface area contributed by atoms with Gasteiger partial charge in [0.1, 0.15) is 0 Å². The fourth-order valence-corrected chi connectivity index (χ4v) is 3.13. The quantitative estimate of drug-likeness (QED) is 0.837. The number of rotatable bonds is 6. The number of hydrogen-bond donors (Lipinski definition) is 2. The zero-order chi connectivity index (χ0) is 16.7. The molecule has 2 rings (SSSR count). The maximum atomic E-state index is 12.8. The van der Waals surface area contributed by atoms with Crippen LogP contribution in [0.1, 0.15) is 44.1 Å². The number of nitrogens with zero attached hydrogens (tertiary/aromatic N) is 1. The molecule has 5 heteroatoms. The predicted octanol–water partition coefficient (Wildman–Crippen LogP) is 1.64. The zero-order valence-electron chi connectivity index (χ0n) is 13.8. The topological polar surface area (TPSA) is 75.4 Å². The molecule has 0 spiro atoms. The van der Waals surface area contributed by atoms with Crippen LogP contribution in [-0.4, -0.2) is 42.4 Å². The summed E-state index contributed by atoms with van der Waals surface area (Å²) < 4.78 is 0.